The fourth-order valence-corrected chi connectivity index (χ4v) is 2.57. The highest BCUT2D eigenvalue weighted by atomic mass is 19.3. The molecule has 1 aromatic heterocycles. The Balaban J connectivity index is 2.29. The van der Waals surface area contributed by atoms with Gasteiger partial charge in [-0.2, -0.15) is 5.10 Å². The fraction of sp³-hybridized carbons (Fsp3) is 0.769. The fourth-order valence-electron chi connectivity index (χ4n) is 2.57. The summed E-state index contributed by atoms with van der Waals surface area (Å²) >= 11 is 0. The van der Waals surface area contributed by atoms with Crippen LogP contribution in [0.4, 0.5) is 8.78 Å². The van der Waals surface area contributed by atoms with Crippen LogP contribution in [0.15, 0.2) is 6.20 Å². The summed E-state index contributed by atoms with van der Waals surface area (Å²) in [6.45, 7) is 5.85. The molecule has 0 spiro atoms. The van der Waals surface area contributed by atoms with Crippen molar-refractivity contribution in [1.82, 2.24) is 9.78 Å². The maximum Gasteiger partial charge on any atom is 0.491 e. The number of hydrogen-bond acceptors (Lipinski definition) is 3. The van der Waals surface area contributed by atoms with E-state index in [1.54, 1.807) is 10.9 Å². The molecule has 0 radical (unpaired) electrons. The van der Waals surface area contributed by atoms with Crippen LogP contribution in [0.5, 0.6) is 0 Å². The summed E-state index contributed by atoms with van der Waals surface area (Å²) < 4.78 is 28.1. The summed E-state index contributed by atoms with van der Waals surface area (Å²) in [7, 11) is -1.62. The summed E-state index contributed by atoms with van der Waals surface area (Å²) in [5, 5.41) is 23.4. The maximum absolute atomic E-state index is 13.2. The highest BCUT2D eigenvalue weighted by Crippen LogP contribution is 2.40. The van der Waals surface area contributed by atoms with Crippen LogP contribution in [0.1, 0.15) is 58.1 Å². The topological polar surface area (TPSA) is 58.3 Å². The SMILES string of the molecule is CC(C)(C)n1cc(B(O)O)c(C2CCC(F)(F)CC2)n1. The van der Waals surface area contributed by atoms with Gasteiger partial charge in [0, 0.05) is 30.4 Å². The van der Waals surface area contributed by atoms with Crippen molar-refractivity contribution < 1.29 is 18.8 Å². The molecule has 1 fully saturated rings. The Hall–Kier alpha value is -0.945. The molecule has 1 aliphatic carbocycles. The first-order valence-corrected chi connectivity index (χ1v) is 6.94. The van der Waals surface area contributed by atoms with E-state index < -0.39 is 13.0 Å². The highest BCUT2D eigenvalue weighted by molar-refractivity contribution is 6.59. The summed E-state index contributed by atoms with van der Waals surface area (Å²) in [5.41, 5.74) is 0.584. The lowest BCUT2D eigenvalue weighted by molar-refractivity contribution is -0.0384. The molecule has 4 nitrogen and oxygen atoms in total. The van der Waals surface area contributed by atoms with Gasteiger partial charge in [0.25, 0.3) is 0 Å². The first-order chi connectivity index (χ1) is 9.10. The van der Waals surface area contributed by atoms with E-state index in [4.69, 9.17) is 0 Å². The van der Waals surface area contributed by atoms with E-state index >= 15 is 0 Å². The Morgan fingerprint density at radius 1 is 1.30 bits per heavy atom. The maximum atomic E-state index is 13.2. The average Bonchev–Trinajstić information content (AvgIpc) is 2.73. The minimum atomic E-state index is -2.60. The van der Waals surface area contributed by atoms with Crippen LogP contribution in [0.3, 0.4) is 0 Å². The number of aromatic nitrogens is 2. The second-order valence-electron chi connectivity index (χ2n) is 6.59. The van der Waals surface area contributed by atoms with Crippen molar-refractivity contribution >= 4 is 12.6 Å². The van der Waals surface area contributed by atoms with Crippen molar-refractivity contribution in [2.45, 2.75) is 63.8 Å². The lowest BCUT2D eigenvalue weighted by Crippen LogP contribution is -2.34. The smallest absolute Gasteiger partial charge is 0.423 e. The number of alkyl halides is 2. The summed E-state index contributed by atoms with van der Waals surface area (Å²) in [6.07, 6.45) is 1.93. The van der Waals surface area contributed by atoms with Crippen molar-refractivity contribution in [3.05, 3.63) is 11.9 Å². The van der Waals surface area contributed by atoms with E-state index in [0.29, 0.717) is 24.0 Å². The molecular weight excluding hydrogens is 265 g/mol. The molecule has 1 saturated carbocycles. The lowest BCUT2D eigenvalue weighted by Gasteiger charge is -2.28. The Bertz CT molecular complexity index is 473. The zero-order valence-corrected chi connectivity index (χ0v) is 12.1. The molecule has 2 rings (SSSR count). The van der Waals surface area contributed by atoms with Gasteiger partial charge in [-0.25, -0.2) is 8.78 Å². The molecule has 0 aromatic carbocycles. The first-order valence-electron chi connectivity index (χ1n) is 6.94. The third kappa shape index (κ3) is 3.20. The van der Waals surface area contributed by atoms with Crippen molar-refractivity contribution in [3.8, 4) is 0 Å². The molecule has 0 amide bonds. The predicted molar refractivity (Wildman–Crippen MR) is 73.2 cm³/mol. The zero-order chi connectivity index (χ0) is 15.1. The van der Waals surface area contributed by atoms with E-state index in [1.807, 2.05) is 20.8 Å². The summed E-state index contributed by atoms with van der Waals surface area (Å²) in [4.78, 5) is 0. The molecule has 2 N–H and O–H groups in total. The number of nitrogens with zero attached hydrogens (tertiary/aromatic N) is 2. The van der Waals surface area contributed by atoms with Gasteiger partial charge in [0.05, 0.1) is 11.2 Å². The van der Waals surface area contributed by atoms with Crippen molar-refractivity contribution in [2.75, 3.05) is 0 Å². The molecule has 20 heavy (non-hydrogen) atoms. The molecule has 0 saturated heterocycles. The quantitative estimate of drug-likeness (QED) is 0.812. The van der Waals surface area contributed by atoms with Gasteiger partial charge in [0.15, 0.2) is 0 Å². The normalized spacial score (nSPS) is 20.1. The van der Waals surface area contributed by atoms with Crippen LogP contribution in [0, 0.1) is 0 Å². The standard InChI is InChI=1S/C13H21BF2N2O2/c1-12(2,3)18-8-10(14(19)20)11(17-18)9-4-6-13(15,16)7-5-9/h8-9,19-20H,4-7H2,1-3H3. The summed E-state index contributed by atoms with van der Waals surface area (Å²) in [5.74, 6) is -2.73. The van der Waals surface area contributed by atoms with Crippen molar-refractivity contribution in [3.63, 3.8) is 0 Å². The molecule has 1 aromatic rings. The molecule has 112 valence electrons. The monoisotopic (exact) mass is 286 g/mol. The third-order valence-corrected chi connectivity index (χ3v) is 3.84. The lowest BCUT2D eigenvalue weighted by atomic mass is 9.74. The number of halogens is 2. The van der Waals surface area contributed by atoms with E-state index in [1.165, 1.54) is 0 Å². The molecule has 0 unspecified atom stereocenters. The van der Waals surface area contributed by atoms with Crippen molar-refractivity contribution in [2.24, 2.45) is 0 Å². The van der Waals surface area contributed by atoms with Crippen LogP contribution >= 0.6 is 0 Å². The van der Waals surface area contributed by atoms with E-state index in [2.05, 4.69) is 5.10 Å². The van der Waals surface area contributed by atoms with Crippen LogP contribution in [-0.4, -0.2) is 32.9 Å². The van der Waals surface area contributed by atoms with Gasteiger partial charge < -0.3 is 10.0 Å². The van der Waals surface area contributed by atoms with Crippen LogP contribution in [-0.2, 0) is 5.54 Å². The van der Waals surface area contributed by atoms with Gasteiger partial charge in [-0.3, -0.25) is 4.68 Å². The molecule has 7 heteroatoms. The van der Waals surface area contributed by atoms with Crippen LogP contribution in [0.25, 0.3) is 0 Å². The third-order valence-electron chi connectivity index (χ3n) is 3.84. The largest absolute Gasteiger partial charge is 0.491 e. The minimum absolute atomic E-state index is 0.130. The predicted octanol–water partition coefficient (Wildman–Crippen LogP) is 1.61. The van der Waals surface area contributed by atoms with E-state index in [0.717, 1.165) is 0 Å². The molecule has 1 aliphatic rings. The summed E-state index contributed by atoms with van der Waals surface area (Å²) in [6, 6.07) is 0. The molecular formula is C13H21BF2N2O2. The molecule has 0 bridgehead atoms. The molecule has 0 aliphatic heterocycles. The van der Waals surface area contributed by atoms with Gasteiger partial charge in [-0.05, 0) is 33.6 Å². The Kier molecular flexibility index (Phi) is 3.95. The molecule has 0 atom stereocenters. The molecule has 1 heterocycles. The average molecular weight is 286 g/mol. The van der Waals surface area contributed by atoms with Crippen LogP contribution in [0.2, 0.25) is 0 Å². The van der Waals surface area contributed by atoms with E-state index in [-0.39, 0.29) is 24.3 Å². The highest BCUT2D eigenvalue weighted by Gasteiger charge is 2.38. The van der Waals surface area contributed by atoms with Gasteiger partial charge in [0.2, 0.25) is 5.92 Å². The zero-order valence-electron chi connectivity index (χ0n) is 12.1. The van der Waals surface area contributed by atoms with Gasteiger partial charge >= 0.3 is 7.12 Å². The second-order valence-corrected chi connectivity index (χ2v) is 6.59. The Morgan fingerprint density at radius 3 is 2.30 bits per heavy atom. The van der Waals surface area contributed by atoms with Crippen molar-refractivity contribution in [1.29, 1.82) is 0 Å². The number of hydrogen-bond donors (Lipinski definition) is 2. The Morgan fingerprint density at radius 2 is 1.85 bits per heavy atom. The minimum Gasteiger partial charge on any atom is -0.423 e. The van der Waals surface area contributed by atoms with E-state index in [9.17, 15) is 18.8 Å². The first kappa shape index (κ1) is 15.4. The van der Waals surface area contributed by atoms with Gasteiger partial charge in [0.1, 0.15) is 0 Å². The van der Waals surface area contributed by atoms with Gasteiger partial charge in [-0.1, -0.05) is 0 Å². The van der Waals surface area contributed by atoms with Gasteiger partial charge in [-0.15, -0.1) is 0 Å². The Labute approximate surface area is 117 Å². The number of rotatable bonds is 2. The van der Waals surface area contributed by atoms with Crippen LogP contribution < -0.4 is 5.46 Å². The second kappa shape index (κ2) is 5.11.